The van der Waals surface area contributed by atoms with Gasteiger partial charge in [-0.25, -0.2) is 4.79 Å². The van der Waals surface area contributed by atoms with Crippen LogP contribution in [0.4, 0.5) is 4.79 Å². The van der Waals surface area contributed by atoms with E-state index in [2.05, 4.69) is 29.1 Å². The third-order valence-corrected chi connectivity index (χ3v) is 4.50. The molecule has 2 atom stereocenters. The lowest BCUT2D eigenvalue weighted by atomic mass is 9.97. The van der Waals surface area contributed by atoms with Gasteiger partial charge in [0.25, 0.3) is 0 Å². The molecule has 2 rings (SSSR count). The molecule has 4 nitrogen and oxygen atoms in total. The first kappa shape index (κ1) is 16.3. The molecular formula is C16H26N2O2S. The summed E-state index contributed by atoms with van der Waals surface area (Å²) < 4.78 is 5.51. The van der Waals surface area contributed by atoms with Crippen LogP contribution in [0.3, 0.4) is 0 Å². The molecular weight excluding hydrogens is 284 g/mol. The topological polar surface area (TPSA) is 41.6 Å². The fraction of sp³-hybridized carbons (Fsp3) is 0.688. The minimum absolute atomic E-state index is 0.159. The average molecular weight is 310 g/mol. The zero-order valence-corrected chi connectivity index (χ0v) is 14.2. The Kier molecular flexibility index (Phi) is 5.27. The van der Waals surface area contributed by atoms with Crippen LogP contribution in [0.25, 0.3) is 0 Å². The van der Waals surface area contributed by atoms with Crippen molar-refractivity contribution in [1.82, 2.24) is 10.2 Å². The fourth-order valence-corrected chi connectivity index (χ4v) is 3.31. The van der Waals surface area contributed by atoms with E-state index in [1.807, 2.05) is 25.7 Å². The Morgan fingerprint density at radius 1 is 1.52 bits per heavy atom. The van der Waals surface area contributed by atoms with Crippen LogP contribution < -0.4 is 5.32 Å². The van der Waals surface area contributed by atoms with Crippen molar-refractivity contribution in [3.05, 3.63) is 22.4 Å². The molecule has 0 bridgehead atoms. The normalized spacial score (nSPS) is 23.1. The standard InChI is InChI=1S/C16H26N2O2S/c1-12-14(17-10-13-7-9-21-11-13)6-5-8-18(12)15(19)20-16(2,3)4/h7,9,11-12,14,17H,5-6,8,10H2,1-4H3. The summed E-state index contributed by atoms with van der Waals surface area (Å²) in [4.78, 5) is 14.1. The second-order valence-corrected chi connectivity index (χ2v) is 7.46. The lowest BCUT2D eigenvalue weighted by Gasteiger charge is -2.40. The molecule has 1 aromatic rings. The molecule has 1 aliphatic heterocycles. The first-order valence-corrected chi connectivity index (χ1v) is 8.55. The van der Waals surface area contributed by atoms with Gasteiger partial charge in [-0.1, -0.05) is 0 Å². The smallest absolute Gasteiger partial charge is 0.410 e. The number of hydrogen-bond acceptors (Lipinski definition) is 4. The Morgan fingerprint density at radius 3 is 2.90 bits per heavy atom. The minimum atomic E-state index is -0.437. The van der Waals surface area contributed by atoms with Crippen molar-refractivity contribution in [2.24, 2.45) is 0 Å². The summed E-state index contributed by atoms with van der Waals surface area (Å²) in [5.41, 5.74) is 0.870. The number of nitrogens with one attached hydrogen (secondary N) is 1. The minimum Gasteiger partial charge on any atom is -0.444 e. The maximum absolute atomic E-state index is 12.3. The molecule has 0 saturated carbocycles. The summed E-state index contributed by atoms with van der Waals surface area (Å²) in [6.45, 7) is 9.48. The molecule has 2 unspecified atom stereocenters. The zero-order valence-electron chi connectivity index (χ0n) is 13.4. The summed E-state index contributed by atoms with van der Waals surface area (Å²) in [5, 5.41) is 7.83. The number of carbonyl (C=O) groups is 1. The number of likely N-dealkylation sites (tertiary alicyclic amines) is 1. The van der Waals surface area contributed by atoms with Crippen molar-refractivity contribution < 1.29 is 9.53 Å². The van der Waals surface area contributed by atoms with Gasteiger partial charge in [0, 0.05) is 25.2 Å². The first-order valence-electron chi connectivity index (χ1n) is 7.61. The van der Waals surface area contributed by atoms with Crippen LogP contribution in [0.2, 0.25) is 0 Å². The number of thiophene rings is 1. The van der Waals surface area contributed by atoms with Gasteiger partial charge in [-0.05, 0) is 62.9 Å². The Hall–Kier alpha value is -1.07. The predicted octanol–water partition coefficient (Wildman–Crippen LogP) is 3.63. The molecule has 1 saturated heterocycles. The van der Waals surface area contributed by atoms with E-state index < -0.39 is 5.60 Å². The number of ether oxygens (including phenoxy) is 1. The summed E-state index contributed by atoms with van der Waals surface area (Å²) in [6, 6.07) is 2.62. The van der Waals surface area contributed by atoms with Crippen molar-refractivity contribution in [3.8, 4) is 0 Å². The highest BCUT2D eigenvalue weighted by Crippen LogP contribution is 2.21. The van der Waals surface area contributed by atoms with E-state index in [4.69, 9.17) is 4.74 Å². The molecule has 1 N–H and O–H groups in total. The van der Waals surface area contributed by atoms with Gasteiger partial charge in [0.05, 0.1) is 0 Å². The lowest BCUT2D eigenvalue weighted by Crippen LogP contribution is -2.55. The molecule has 0 spiro atoms. The molecule has 5 heteroatoms. The van der Waals surface area contributed by atoms with Gasteiger partial charge in [-0.3, -0.25) is 0 Å². The molecule has 0 aromatic carbocycles. The molecule has 21 heavy (non-hydrogen) atoms. The Balaban J connectivity index is 1.91. The van der Waals surface area contributed by atoms with Crippen LogP contribution in [0.1, 0.15) is 46.1 Å². The molecule has 1 fully saturated rings. The van der Waals surface area contributed by atoms with Crippen LogP contribution in [-0.2, 0) is 11.3 Å². The van der Waals surface area contributed by atoms with Crippen LogP contribution >= 0.6 is 11.3 Å². The van der Waals surface area contributed by atoms with E-state index in [1.165, 1.54) is 5.56 Å². The molecule has 1 amide bonds. The second kappa shape index (κ2) is 6.79. The third-order valence-electron chi connectivity index (χ3n) is 3.76. The Bertz CT molecular complexity index is 453. The molecule has 118 valence electrons. The highest BCUT2D eigenvalue weighted by Gasteiger charge is 2.33. The molecule has 1 aromatic heterocycles. The van der Waals surface area contributed by atoms with Gasteiger partial charge in [-0.15, -0.1) is 0 Å². The number of piperidine rings is 1. The van der Waals surface area contributed by atoms with Gasteiger partial charge < -0.3 is 15.0 Å². The maximum atomic E-state index is 12.3. The number of carbonyl (C=O) groups excluding carboxylic acids is 1. The van der Waals surface area contributed by atoms with Crippen molar-refractivity contribution in [2.45, 2.75) is 64.8 Å². The highest BCUT2D eigenvalue weighted by atomic mass is 32.1. The summed E-state index contributed by atoms with van der Waals surface area (Å²) in [6.07, 6.45) is 1.92. The van der Waals surface area contributed by atoms with E-state index in [-0.39, 0.29) is 12.1 Å². The van der Waals surface area contributed by atoms with E-state index in [9.17, 15) is 4.79 Å². The summed E-state index contributed by atoms with van der Waals surface area (Å²) >= 11 is 1.71. The van der Waals surface area contributed by atoms with Crippen LogP contribution in [-0.4, -0.2) is 35.2 Å². The summed E-state index contributed by atoms with van der Waals surface area (Å²) in [7, 11) is 0. The maximum Gasteiger partial charge on any atom is 0.410 e. The van der Waals surface area contributed by atoms with E-state index in [1.54, 1.807) is 11.3 Å². The van der Waals surface area contributed by atoms with E-state index in [0.29, 0.717) is 6.04 Å². The molecule has 1 aliphatic rings. The quantitative estimate of drug-likeness (QED) is 0.927. The van der Waals surface area contributed by atoms with Crippen molar-refractivity contribution in [3.63, 3.8) is 0 Å². The predicted molar refractivity (Wildman–Crippen MR) is 86.6 cm³/mol. The zero-order chi connectivity index (χ0) is 15.5. The van der Waals surface area contributed by atoms with Gasteiger partial charge in [0.1, 0.15) is 5.60 Å². The number of nitrogens with zero attached hydrogens (tertiary/aromatic N) is 1. The number of hydrogen-bond donors (Lipinski definition) is 1. The van der Waals surface area contributed by atoms with Crippen molar-refractivity contribution >= 4 is 17.4 Å². The fourth-order valence-electron chi connectivity index (χ4n) is 2.64. The molecule has 2 heterocycles. The summed E-state index contributed by atoms with van der Waals surface area (Å²) in [5.74, 6) is 0. The van der Waals surface area contributed by atoms with Crippen LogP contribution in [0.15, 0.2) is 16.8 Å². The number of rotatable bonds is 3. The first-order chi connectivity index (χ1) is 9.87. The Morgan fingerprint density at radius 2 is 2.29 bits per heavy atom. The van der Waals surface area contributed by atoms with Gasteiger partial charge >= 0.3 is 6.09 Å². The Labute approximate surface area is 131 Å². The van der Waals surface area contributed by atoms with E-state index in [0.717, 1.165) is 25.9 Å². The monoisotopic (exact) mass is 310 g/mol. The van der Waals surface area contributed by atoms with Gasteiger partial charge in [0.15, 0.2) is 0 Å². The third kappa shape index (κ3) is 4.71. The lowest BCUT2D eigenvalue weighted by molar-refractivity contribution is 0.00699. The highest BCUT2D eigenvalue weighted by molar-refractivity contribution is 7.07. The average Bonchev–Trinajstić information content (AvgIpc) is 2.88. The second-order valence-electron chi connectivity index (χ2n) is 6.68. The van der Waals surface area contributed by atoms with Crippen molar-refractivity contribution in [2.75, 3.05) is 6.54 Å². The molecule has 0 aliphatic carbocycles. The number of amides is 1. The van der Waals surface area contributed by atoms with Crippen molar-refractivity contribution in [1.29, 1.82) is 0 Å². The largest absolute Gasteiger partial charge is 0.444 e. The SMILES string of the molecule is CC1C(NCc2ccsc2)CCCN1C(=O)OC(C)(C)C. The van der Waals surface area contributed by atoms with Crippen LogP contribution in [0, 0.1) is 0 Å². The van der Waals surface area contributed by atoms with Crippen LogP contribution in [0.5, 0.6) is 0 Å². The van der Waals surface area contributed by atoms with E-state index >= 15 is 0 Å². The van der Waals surface area contributed by atoms with Gasteiger partial charge in [-0.2, -0.15) is 11.3 Å². The molecule has 0 radical (unpaired) electrons. The van der Waals surface area contributed by atoms with Gasteiger partial charge in [0.2, 0.25) is 0 Å².